The van der Waals surface area contributed by atoms with Gasteiger partial charge in [0.05, 0.1) is 12.6 Å². The van der Waals surface area contributed by atoms with Gasteiger partial charge in [-0.3, -0.25) is 9.48 Å². The fourth-order valence-electron chi connectivity index (χ4n) is 3.18. The third-order valence-corrected chi connectivity index (χ3v) is 4.85. The van der Waals surface area contributed by atoms with Crippen LogP contribution in [0.5, 0.6) is 5.75 Å². The number of hydrogen-bond donors (Lipinski definition) is 2. The summed E-state index contributed by atoms with van der Waals surface area (Å²) in [7, 11) is 0. The van der Waals surface area contributed by atoms with Gasteiger partial charge in [-0.1, -0.05) is 32.0 Å². The predicted molar refractivity (Wildman–Crippen MR) is 113 cm³/mol. The lowest BCUT2D eigenvalue weighted by Crippen LogP contribution is -2.32. The summed E-state index contributed by atoms with van der Waals surface area (Å²) in [6.45, 7) is 7.43. The van der Waals surface area contributed by atoms with Crippen LogP contribution in [-0.4, -0.2) is 35.4 Å². The van der Waals surface area contributed by atoms with Crippen molar-refractivity contribution in [1.29, 1.82) is 0 Å². The second-order valence-electron chi connectivity index (χ2n) is 7.50. The molecule has 7 heteroatoms. The summed E-state index contributed by atoms with van der Waals surface area (Å²) in [5.41, 5.74) is 1.43. The van der Waals surface area contributed by atoms with Crippen molar-refractivity contribution in [1.82, 2.24) is 20.4 Å². The van der Waals surface area contributed by atoms with Crippen LogP contribution in [0, 0.1) is 5.92 Å². The third kappa shape index (κ3) is 6.24. The Labute approximate surface area is 173 Å². The van der Waals surface area contributed by atoms with E-state index in [0.29, 0.717) is 30.8 Å². The van der Waals surface area contributed by atoms with E-state index >= 15 is 0 Å². The number of nitrogens with zero attached hydrogens (tertiary/aromatic N) is 2. The minimum Gasteiger partial charge on any atom is -0.493 e. The number of carbonyl (C=O) groups is 1. The number of ether oxygens (including phenoxy) is 1. The number of amides is 1. The molecular formula is C21H31ClN4O2. The van der Waals surface area contributed by atoms with Crippen LogP contribution in [0.3, 0.4) is 0 Å². The molecule has 1 fully saturated rings. The summed E-state index contributed by atoms with van der Waals surface area (Å²) in [5.74, 6) is 1.28. The second-order valence-corrected chi connectivity index (χ2v) is 7.50. The Balaban J connectivity index is 0.00000280. The topological polar surface area (TPSA) is 68.2 Å². The molecule has 1 unspecified atom stereocenters. The number of para-hydroxylation sites is 1. The van der Waals surface area contributed by atoms with Crippen molar-refractivity contribution >= 4 is 18.3 Å². The number of carbonyl (C=O) groups excluding carboxylic acids is 1. The Morgan fingerprint density at radius 3 is 2.93 bits per heavy atom. The Morgan fingerprint density at radius 2 is 2.18 bits per heavy atom. The van der Waals surface area contributed by atoms with Crippen molar-refractivity contribution in [2.24, 2.45) is 5.92 Å². The molecular weight excluding hydrogens is 376 g/mol. The van der Waals surface area contributed by atoms with Crippen molar-refractivity contribution in [2.45, 2.75) is 45.7 Å². The number of halogens is 1. The van der Waals surface area contributed by atoms with Crippen molar-refractivity contribution in [2.75, 3.05) is 19.7 Å². The quantitative estimate of drug-likeness (QED) is 0.703. The monoisotopic (exact) mass is 406 g/mol. The molecule has 2 heterocycles. The summed E-state index contributed by atoms with van der Waals surface area (Å²) >= 11 is 0. The molecule has 1 amide bonds. The first kappa shape index (κ1) is 22.2. The van der Waals surface area contributed by atoms with E-state index in [9.17, 15) is 4.79 Å². The predicted octanol–water partition coefficient (Wildman–Crippen LogP) is 3.58. The summed E-state index contributed by atoms with van der Waals surface area (Å²) in [6.07, 6.45) is 5.14. The molecule has 0 aliphatic carbocycles. The smallest absolute Gasteiger partial charge is 0.272 e. The lowest BCUT2D eigenvalue weighted by molar-refractivity contribution is 0.0944. The Hall–Kier alpha value is -2.05. The molecule has 0 saturated carbocycles. The van der Waals surface area contributed by atoms with Crippen LogP contribution in [0.25, 0.3) is 0 Å². The summed E-state index contributed by atoms with van der Waals surface area (Å²) < 4.78 is 7.80. The molecule has 1 aromatic heterocycles. The average Bonchev–Trinajstić information content (AvgIpc) is 3.18. The highest BCUT2D eigenvalue weighted by Crippen LogP contribution is 2.19. The summed E-state index contributed by atoms with van der Waals surface area (Å²) in [4.78, 5) is 12.5. The van der Waals surface area contributed by atoms with Gasteiger partial charge in [-0.25, -0.2) is 0 Å². The van der Waals surface area contributed by atoms with Gasteiger partial charge in [-0.15, -0.1) is 12.4 Å². The van der Waals surface area contributed by atoms with Gasteiger partial charge < -0.3 is 15.4 Å². The molecule has 6 nitrogen and oxygen atoms in total. The zero-order valence-corrected chi connectivity index (χ0v) is 17.5. The maximum atomic E-state index is 12.5. The minimum absolute atomic E-state index is 0. The van der Waals surface area contributed by atoms with Crippen LogP contribution in [0.4, 0.5) is 0 Å². The Kier molecular flexibility index (Phi) is 8.80. The molecule has 1 aromatic carbocycles. The molecule has 2 N–H and O–H groups in total. The number of benzene rings is 1. The minimum atomic E-state index is -0.158. The molecule has 1 aliphatic rings. The SMILES string of the molecule is CC(C)CCOc1ccccc1CNC(=O)c1ccn(C2CCCNC2)n1.Cl. The lowest BCUT2D eigenvalue weighted by atomic mass is 10.1. The van der Waals surface area contributed by atoms with Crippen LogP contribution >= 0.6 is 12.4 Å². The fraction of sp³-hybridized carbons (Fsp3) is 0.524. The molecule has 28 heavy (non-hydrogen) atoms. The first-order chi connectivity index (χ1) is 13.1. The van der Waals surface area contributed by atoms with Gasteiger partial charge in [0.2, 0.25) is 0 Å². The largest absolute Gasteiger partial charge is 0.493 e. The van der Waals surface area contributed by atoms with Crippen LogP contribution < -0.4 is 15.4 Å². The molecule has 1 aliphatic heterocycles. The van der Waals surface area contributed by atoms with Crippen LogP contribution in [0.2, 0.25) is 0 Å². The summed E-state index contributed by atoms with van der Waals surface area (Å²) in [5, 5.41) is 10.8. The second kappa shape index (κ2) is 11.1. The normalized spacial score (nSPS) is 16.5. The lowest BCUT2D eigenvalue weighted by Gasteiger charge is -2.22. The molecule has 2 aromatic rings. The number of piperidine rings is 1. The van der Waals surface area contributed by atoms with Crippen molar-refractivity contribution in [3.05, 3.63) is 47.8 Å². The van der Waals surface area contributed by atoms with Crippen molar-refractivity contribution in [3.8, 4) is 5.75 Å². The van der Waals surface area contributed by atoms with Gasteiger partial charge >= 0.3 is 0 Å². The molecule has 1 atom stereocenters. The van der Waals surface area contributed by atoms with E-state index in [1.165, 1.54) is 0 Å². The molecule has 0 radical (unpaired) electrons. The number of hydrogen-bond acceptors (Lipinski definition) is 4. The third-order valence-electron chi connectivity index (χ3n) is 4.85. The maximum absolute atomic E-state index is 12.5. The van der Waals surface area contributed by atoms with E-state index in [-0.39, 0.29) is 18.3 Å². The van der Waals surface area contributed by atoms with E-state index in [1.54, 1.807) is 6.07 Å². The standard InChI is InChI=1S/C21H30N4O2.ClH/c1-16(2)10-13-27-20-8-4-3-6-17(20)14-23-21(26)19-9-12-25(24-19)18-7-5-11-22-15-18;/h3-4,6,8-9,12,16,18,22H,5,7,10-11,13-15H2,1-2H3,(H,23,26);1H. The highest BCUT2D eigenvalue weighted by molar-refractivity contribution is 5.92. The zero-order chi connectivity index (χ0) is 19.1. The van der Waals surface area contributed by atoms with Crippen LogP contribution in [0.1, 0.15) is 55.2 Å². The number of nitrogens with one attached hydrogen (secondary N) is 2. The van der Waals surface area contributed by atoms with E-state index < -0.39 is 0 Å². The van der Waals surface area contributed by atoms with E-state index in [1.807, 2.05) is 35.1 Å². The van der Waals surface area contributed by atoms with Gasteiger partial charge in [0.15, 0.2) is 0 Å². The van der Waals surface area contributed by atoms with Crippen molar-refractivity contribution < 1.29 is 9.53 Å². The highest BCUT2D eigenvalue weighted by Gasteiger charge is 2.17. The Bertz CT molecular complexity index is 742. The summed E-state index contributed by atoms with van der Waals surface area (Å²) in [6, 6.07) is 9.96. The number of rotatable bonds is 8. The van der Waals surface area contributed by atoms with Gasteiger partial charge in [-0.2, -0.15) is 5.10 Å². The van der Waals surface area contributed by atoms with E-state index in [0.717, 1.165) is 43.7 Å². The molecule has 1 saturated heterocycles. The molecule has 3 rings (SSSR count). The molecule has 154 valence electrons. The van der Waals surface area contributed by atoms with Gasteiger partial charge in [-0.05, 0) is 43.9 Å². The fourth-order valence-corrected chi connectivity index (χ4v) is 3.18. The first-order valence-electron chi connectivity index (χ1n) is 9.88. The van der Waals surface area contributed by atoms with E-state index in [2.05, 4.69) is 29.6 Å². The highest BCUT2D eigenvalue weighted by atomic mass is 35.5. The molecule has 0 spiro atoms. The van der Waals surface area contributed by atoms with Crippen molar-refractivity contribution in [3.63, 3.8) is 0 Å². The van der Waals surface area contributed by atoms with Crippen LogP contribution in [0.15, 0.2) is 36.5 Å². The molecule has 0 bridgehead atoms. The Morgan fingerprint density at radius 1 is 1.36 bits per heavy atom. The van der Waals surface area contributed by atoms with Gasteiger partial charge in [0, 0.05) is 24.8 Å². The van der Waals surface area contributed by atoms with Gasteiger partial charge in [0.1, 0.15) is 11.4 Å². The first-order valence-corrected chi connectivity index (χ1v) is 9.88. The van der Waals surface area contributed by atoms with Gasteiger partial charge in [0.25, 0.3) is 5.91 Å². The number of aromatic nitrogens is 2. The van der Waals surface area contributed by atoms with E-state index in [4.69, 9.17) is 4.74 Å². The maximum Gasteiger partial charge on any atom is 0.272 e. The zero-order valence-electron chi connectivity index (χ0n) is 16.7. The van der Waals surface area contributed by atoms with Crippen LogP contribution in [-0.2, 0) is 6.54 Å². The average molecular weight is 407 g/mol.